The van der Waals surface area contributed by atoms with E-state index in [-0.39, 0.29) is 19.3 Å². The Hall–Kier alpha value is -3.76. The van der Waals surface area contributed by atoms with E-state index >= 15 is 0 Å². The number of nitrogens with zero attached hydrogens (tertiary/aromatic N) is 4. The summed E-state index contributed by atoms with van der Waals surface area (Å²) < 4.78 is 9.94. The second-order valence-electron chi connectivity index (χ2n) is 6.90. The number of carboxylic acid groups (broad SMARTS) is 1. The van der Waals surface area contributed by atoms with E-state index in [9.17, 15) is 9.59 Å². The molecule has 0 unspecified atom stereocenters. The topological polar surface area (TPSA) is 158 Å². The third-order valence-electron chi connectivity index (χ3n) is 4.24. The summed E-state index contributed by atoms with van der Waals surface area (Å²) in [5, 5.41) is 17.3. The number of hydrogen-bond acceptors (Lipinski definition) is 8. The number of aryl methyl sites for hydroxylation is 2. The van der Waals surface area contributed by atoms with Gasteiger partial charge in [-0.25, -0.2) is 0 Å². The summed E-state index contributed by atoms with van der Waals surface area (Å²) in [6.07, 6.45) is 0.736. The van der Waals surface area contributed by atoms with Crippen molar-refractivity contribution in [2.45, 2.75) is 25.7 Å². The molecule has 0 saturated carbocycles. The fraction of sp³-hybridized carbons (Fsp3) is 0.182. The standard InChI is InChI=1S/C11H10ClN3O2.C11H9ClN2O3/c12-8-3-1-2-7(6-8)11-14-10(17-15-11)5-4-9(13)16;12-8-3-1-2-7(6-8)11-13-9(17-14-11)4-5-10(15)16/h1-3,6H,4-5H2,(H2,13,16);1-3,6H,4-5H2,(H,15,16). The van der Waals surface area contributed by atoms with E-state index in [0.29, 0.717) is 39.9 Å². The van der Waals surface area contributed by atoms with E-state index in [0.717, 1.165) is 11.1 Å². The highest BCUT2D eigenvalue weighted by atomic mass is 35.5. The maximum Gasteiger partial charge on any atom is 0.303 e. The maximum absolute atomic E-state index is 10.6. The monoisotopic (exact) mass is 503 g/mol. The van der Waals surface area contributed by atoms with Gasteiger partial charge in [-0.2, -0.15) is 9.97 Å². The van der Waals surface area contributed by atoms with Crippen LogP contribution < -0.4 is 5.73 Å². The first-order chi connectivity index (χ1) is 16.3. The minimum absolute atomic E-state index is 0.0306. The van der Waals surface area contributed by atoms with E-state index in [1.807, 2.05) is 6.07 Å². The highest BCUT2D eigenvalue weighted by molar-refractivity contribution is 6.31. The molecule has 3 N–H and O–H groups in total. The Morgan fingerprint density at radius 1 is 0.824 bits per heavy atom. The lowest BCUT2D eigenvalue weighted by atomic mass is 10.2. The SMILES string of the molecule is NC(=O)CCc1nc(-c2cccc(Cl)c2)no1.O=C(O)CCc1nc(-c2cccc(Cl)c2)no1. The molecule has 1 amide bonds. The van der Waals surface area contributed by atoms with Gasteiger partial charge >= 0.3 is 5.97 Å². The van der Waals surface area contributed by atoms with Crippen molar-refractivity contribution in [1.29, 1.82) is 0 Å². The number of nitrogens with two attached hydrogens (primary N) is 1. The summed E-state index contributed by atoms with van der Waals surface area (Å²) >= 11 is 11.7. The first kappa shape index (κ1) is 24.9. The number of halogens is 2. The van der Waals surface area contributed by atoms with E-state index in [1.165, 1.54) is 0 Å². The molecule has 4 aromatic rings. The number of hydrogen-bond donors (Lipinski definition) is 2. The molecule has 176 valence electrons. The molecule has 10 nitrogen and oxygen atoms in total. The predicted molar refractivity (Wildman–Crippen MR) is 123 cm³/mol. The van der Waals surface area contributed by atoms with Crippen LogP contribution in [0.5, 0.6) is 0 Å². The molecule has 0 aliphatic rings. The van der Waals surface area contributed by atoms with E-state index in [4.69, 9.17) is 43.1 Å². The van der Waals surface area contributed by atoms with Crippen molar-refractivity contribution in [3.05, 3.63) is 70.4 Å². The number of amides is 1. The van der Waals surface area contributed by atoms with Crippen LogP contribution in [-0.2, 0) is 22.4 Å². The third-order valence-corrected chi connectivity index (χ3v) is 4.71. The molecule has 2 aromatic heterocycles. The third kappa shape index (κ3) is 7.68. The Bertz CT molecular complexity index is 1180. The maximum atomic E-state index is 10.6. The number of aliphatic carboxylic acids is 1. The number of rotatable bonds is 8. The molecule has 2 heterocycles. The number of benzene rings is 2. The molecule has 0 saturated heterocycles. The number of carboxylic acids is 1. The van der Waals surface area contributed by atoms with Gasteiger partial charge in [0.25, 0.3) is 0 Å². The summed E-state index contributed by atoms with van der Waals surface area (Å²) in [5.41, 5.74) is 6.54. The Kier molecular flexibility index (Phi) is 8.72. The van der Waals surface area contributed by atoms with Gasteiger partial charge in [-0.05, 0) is 24.3 Å². The molecule has 0 aliphatic carbocycles. The van der Waals surface area contributed by atoms with Crippen molar-refractivity contribution >= 4 is 35.1 Å². The smallest absolute Gasteiger partial charge is 0.303 e. The zero-order valence-electron chi connectivity index (χ0n) is 17.6. The highest BCUT2D eigenvalue weighted by Crippen LogP contribution is 2.21. The van der Waals surface area contributed by atoms with Crippen molar-refractivity contribution in [2.24, 2.45) is 5.73 Å². The van der Waals surface area contributed by atoms with Gasteiger partial charge in [0.2, 0.25) is 29.3 Å². The fourth-order valence-electron chi connectivity index (χ4n) is 2.65. The molecular weight excluding hydrogens is 485 g/mol. The quantitative estimate of drug-likeness (QED) is 0.358. The van der Waals surface area contributed by atoms with Gasteiger partial charge in [0, 0.05) is 40.4 Å². The molecule has 0 radical (unpaired) electrons. The Labute approximate surface area is 203 Å². The molecule has 0 atom stereocenters. The summed E-state index contributed by atoms with van der Waals surface area (Å²) in [7, 11) is 0. The first-order valence-corrected chi connectivity index (χ1v) is 10.7. The lowest BCUT2D eigenvalue weighted by molar-refractivity contribution is -0.137. The van der Waals surface area contributed by atoms with Crippen molar-refractivity contribution in [1.82, 2.24) is 20.3 Å². The van der Waals surface area contributed by atoms with E-state index in [2.05, 4.69) is 20.3 Å². The Morgan fingerprint density at radius 2 is 1.29 bits per heavy atom. The second-order valence-corrected chi connectivity index (χ2v) is 7.78. The number of carbonyl (C=O) groups excluding carboxylic acids is 1. The van der Waals surface area contributed by atoms with Crippen LogP contribution in [0.4, 0.5) is 0 Å². The molecule has 0 aliphatic heterocycles. The van der Waals surface area contributed by atoms with Crippen LogP contribution in [-0.4, -0.2) is 37.3 Å². The summed E-state index contributed by atoms with van der Waals surface area (Å²) in [6, 6.07) is 14.2. The summed E-state index contributed by atoms with van der Waals surface area (Å²) in [5.74, 6) is 0.265. The average molecular weight is 504 g/mol. The summed E-state index contributed by atoms with van der Waals surface area (Å²) in [4.78, 5) is 29.2. The zero-order chi connectivity index (χ0) is 24.5. The van der Waals surface area contributed by atoms with Gasteiger partial charge < -0.3 is 19.9 Å². The van der Waals surface area contributed by atoms with Crippen molar-refractivity contribution in [2.75, 3.05) is 0 Å². The van der Waals surface area contributed by atoms with Crippen LogP contribution in [0.15, 0.2) is 57.6 Å². The molecular formula is C22H19Cl2N5O5. The molecule has 2 aromatic carbocycles. The van der Waals surface area contributed by atoms with Gasteiger partial charge in [0.1, 0.15) is 0 Å². The normalized spacial score (nSPS) is 10.4. The molecule has 0 fully saturated rings. The van der Waals surface area contributed by atoms with E-state index < -0.39 is 11.9 Å². The Balaban J connectivity index is 0.000000191. The van der Waals surface area contributed by atoms with Crippen LogP contribution in [0.2, 0.25) is 10.0 Å². The minimum atomic E-state index is -0.896. The van der Waals surface area contributed by atoms with Crippen LogP contribution in [0.25, 0.3) is 22.8 Å². The highest BCUT2D eigenvalue weighted by Gasteiger charge is 2.11. The fourth-order valence-corrected chi connectivity index (χ4v) is 3.03. The average Bonchev–Trinajstić information content (AvgIpc) is 3.47. The second kappa shape index (κ2) is 11.9. The van der Waals surface area contributed by atoms with Crippen molar-refractivity contribution < 1.29 is 23.7 Å². The largest absolute Gasteiger partial charge is 0.481 e. The number of primary amides is 1. The van der Waals surface area contributed by atoms with Gasteiger partial charge in [-0.3, -0.25) is 9.59 Å². The predicted octanol–water partition coefficient (Wildman–Crippen LogP) is 4.22. The van der Waals surface area contributed by atoms with Gasteiger partial charge in [0.15, 0.2) is 0 Å². The lowest BCUT2D eigenvalue weighted by Crippen LogP contribution is -2.11. The molecule has 0 spiro atoms. The minimum Gasteiger partial charge on any atom is -0.481 e. The lowest BCUT2D eigenvalue weighted by Gasteiger charge is -1.93. The molecule has 34 heavy (non-hydrogen) atoms. The van der Waals surface area contributed by atoms with Crippen LogP contribution >= 0.6 is 23.2 Å². The Morgan fingerprint density at radius 3 is 1.71 bits per heavy atom. The van der Waals surface area contributed by atoms with Crippen molar-refractivity contribution in [3.8, 4) is 22.8 Å². The molecule has 12 heteroatoms. The van der Waals surface area contributed by atoms with Crippen LogP contribution in [0.3, 0.4) is 0 Å². The molecule has 0 bridgehead atoms. The first-order valence-electron chi connectivity index (χ1n) is 9.97. The van der Waals surface area contributed by atoms with Gasteiger partial charge in [-0.1, -0.05) is 57.8 Å². The molecule has 4 rings (SSSR count). The van der Waals surface area contributed by atoms with Crippen LogP contribution in [0.1, 0.15) is 24.6 Å². The van der Waals surface area contributed by atoms with Crippen molar-refractivity contribution in [3.63, 3.8) is 0 Å². The number of carbonyl (C=O) groups is 2. The summed E-state index contributed by atoms with van der Waals surface area (Å²) in [6.45, 7) is 0. The van der Waals surface area contributed by atoms with Gasteiger partial charge in [0.05, 0.1) is 6.42 Å². The van der Waals surface area contributed by atoms with Gasteiger partial charge in [-0.15, -0.1) is 0 Å². The van der Waals surface area contributed by atoms with E-state index in [1.54, 1.807) is 42.5 Å². The number of aromatic nitrogens is 4. The zero-order valence-corrected chi connectivity index (χ0v) is 19.2. The van der Waals surface area contributed by atoms with Crippen LogP contribution in [0, 0.1) is 0 Å².